The van der Waals surface area contributed by atoms with Crippen molar-refractivity contribution >= 4 is 11.3 Å². The molecule has 6 heteroatoms. The third-order valence-electron chi connectivity index (χ3n) is 4.84. The van der Waals surface area contributed by atoms with Crippen molar-refractivity contribution < 1.29 is 0 Å². The number of benzene rings is 1. The Kier molecular flexibility index (Phi) is 4.46. The highest BCUT2D eigenvalue weighted by Gasteiger charge is 2.22. The molecule has 0 amide bonds. The fourth-order valence-corrected chi connectivity index (χ4v) is 4.38. The zero-order valence-electron chi connectivity index (χ0n) is 15.3. The van der Waals surface area contributed by atoms with E-state index in [1.807, 2.05) is 38.1 Å². The van der Waals surface area contributed by atoms with Crippen LogP contribution >= 0.6 is 11.3 Å². The summed E-state index contributed by atoms with van der Waals surface area (Å²) in [5.74, 6) is 0.653. The number of aromatic nitrogens is 3. The number of rotatable bonds is 3. The number of thiazole rings is 1. The molecule has 1 aliphatic rings. The molecule has 4 rings (SSSR count). The van der Waals surface area contributed by atoms with E-state index in [1.54, 1.807) is 11.3 Å². The van der Waals surface area contributed by atoms with E-state index in [9.17, 15) is 4.79 Å². The molecule has 0 fully saturated rings. The molecule has 0 unspecified atom stereocenters. The molecule has 0 spiro atoms. The molecule has 3 aromatic rings. The van der Waals surface area contributed by atoms with E-state index < -0.39 is 0 Å². The van der Waals surface area contributed by atoms with Gasteiger partial charge in [-0.2, -0.15) is 0 Å². The van der Waals surface area contributed by atoms with Crippen LogP contribution in [-0.2, 0) is 19.5 Å². The molecule has 2 aromatic heterocycles. The minimum Gasteiger partial charge on any atom is -0.306 e. The lowest BCUT2D eigenvalue weighted by molar-refractivity contribution is 0.242. The Balaban J connectivity index is 1.62. The molecule has 1 aliphatic heterocycles. The normalized spacial score (nSPS) is 14.4. The Morgan fingerprint density at radius 2 is 1.92 bits per heavy atom. The van der Waals surface area contributed by atoms with E-state index in [2.05, 4.69) is 21.8 Å². The molecule has 0 radical (unpaired) electrons. The second kappa shape index (κ2) is 6.78. The first kappa shape index (κ1) is 17.1. The van der Waals surface area contributed by atoms with Crippen molar-refractivity contribution in [3.63, 3.8) is 0 Å². The molecule has 5 nitrogen and oxygen atoms in total. The third kappa shape index (κ3) is 3.34. The van der Waals surface area contributed by atoms with E-state index >= 15 is 0 Å². The van der Waals surface area contributed by atoms with Gasteiger partial charge in [0.25, 0.3) is 5.56 Å². The Morgan fingerprint density at radius 3 is 2.62 bits per heavy atom. The molecule has 3 heterocycles. The summed E-state index contributed by atoms with van der Waals surface area (Å²) >= 11 is 1.75. The monoisotopic (exact) mass is 366 g/mol. The van der Waals surface area contributed by atoms with Gasteiger partial charge in [0, 0.05) is 35.6 Å². The summed E-state index contributed by atoms with van der Waals surface area (Å²) in [7, 11) is 0. The lowest BCUT2D eigenvalue weighted by Gasteiger charge is -2.27. The third-order valence-corrected chi connectivity index (χ3v) is 5.90. The van der Waals surface area contributed by atoms with Crippen LogP contribution in [0.4, 0.5) is 0 Å². The van der Waals surface area contributed by atoms with Gasteiger partial charge in [0.1, 0.15) is 5.82 Å². The lowest BCUT2D eigenvalue weighted by Crippen LogP contribution is -2.35. The largest absolute Gasteiger partial charge is 0.306 e. The van der Waals surface area contributed by atoms with Gasteiger partial charge >= 0.3 is 0 Å². The van der Waals surface area contributed by atoms with Crippen molar-refractivity contribution in [3.05, 3.63) is 67.0 Å². The minimum absolute atomic E-state index is 0.00459. The number of fused-ring (bicyclic) bond motifs is 1. The van der Waals surface area contributed by atoms with E-state index in [0.29, 0.717) is 12.4 Å². The van der Waals surface area contributed by atoms with Crippen LogP contribution in [0.25, 0.3) is 11.4 Å². The predicted octanol–water partition coefficient (Wildman–Crippen LogP) is 3.38. The van der Waals surface area contributed by atoms with E-state index in [1.165, 1.54) is 10.4 Å². The van der Waals surface area contributed by atoms with E-state index in [0.717, 1.165) is 47.0 Å². The zero-order chi connectivity index (χ0) is 18.3. The van der Waals surface area contributed by atoms with Crippen molar-refractivity contribution in [1.29, 1.82) is 0 Å². The number of H-pyrrole nitrogens is 1. The first-order chi connectivity index (χ1) is 12.5. The first-order valence-corrected chi connectivity index (χ1v) is 9.65. The molecule has 0 bridgehead atoms. The van der Waals surface area contributed by atoms with Crippen molar-refractivity contribution in [2.75, 3.05) is 6.54 Å². The first-order valence-electron chi connectivity index (χ1n) is 8.84. The van der Waals surface area contributed by atoms with Gasteiger partial charge in [0.2, 0.25) is 0 Å². The van der Waals surface area contributed by atoms with Crippen LogP contribution in [0.3, 0.4) is 0 Å². The van der Waals surface area contributed by atoms with E-state index in [-0.39, 0.29) is 5.56 Å². The molecule has 26 heavy (non-hydrogen) atoms. The second-order valence-electron chi connectivity index (χ2n) is 6.91. The maximum atomic E-state index is 12.5. The quantitative estimate of drug-likeness (QED) is 0.772. The van der Waals surface area contributed by atoms with Crippen LogP contribution in [0, 0.1) is 20.8 Å². The smallest absolute Gasteiger partial charge is 0.254 e. The van der Waals surface area contributed by atoms with Crippen LogP contribution in [-0.4, -0.2) is 26.4 Å². The minimum atomic E-state index is -0.00459. The van der Waals surface area contributed by atoms with Crippen molar-refractivity contribution in [3.8, 4) is 11.4 Å². The Bertz CT molecular complexity index is 1000. The van der Waals surface area contributed by atoms with Crippen LogP contribution < -0.4 is 5.56 Å². The SMILES string of the molecule is Cc1ccc(-c2nc3c(c(=O)[nH]2)CCN(Cc2sc(C)nc2C)C3)cc1. The maximum Gasteiger partial charge on any atom is 0.254 e. The number of aryl methyl sites for hydroxylation is 3. The Morgan fingerprint density at radius 1 is 1.15 bits per heavy atom. The van der Waals surface area contributed by atoms with Crippen molar-refractivity contribution in [2.45, 2.75) is 40.3 Å². The fourth-order valence-electron chi connectivity index (χ4n) is 3.40. The fraction of sp³-hybridized carbons (Fsp3) is 0.350. The summed E-state index contributed by atoms with van der Waals surface area (Å²) in [6.07, 6.45) is 0.739. The zero-order valence-corrected chi connectivity index (χ0v) is 16.1. The standard InChI is InChI=1S/C20H22N4OS/c1-12-4-6-15(7-5-12)19-22-17-10-24(9-8-16(17)20(25)23-19)11-18-13(2)21-14(3)26-18/h4-7H,8-11H2,1-3H3,(H,22,23,25). The molecular formula is C20H22N4OS. The summed E-state index contributed by atoms with van der Waals surface area (Å²) in [6.45, 7) is 8.60. The molecular weight excluding hydrogens is 344 g/mol. The predicted molar refractivity (Wildman–Crippen MR) is 104 cm³/mol. The highest BCUT2D eigenvalue weighted by atomic mass is 32.1. The van der Waals surface area contributed by atoms with Crippen molar-refractivity contribution in [1.82, 2.24) is 19.9 Å². The van der Waals surface area contributed by atoms with Gasteiger partial charge in [-0.1, -0.05) is 29.8 Å². The Labute approximate surface area is 156 Å². The van der Waals surface area contributed by atoms with Gasteiger partial charge < -0.3 is 4.98 Å². The number of nitrogens with zero attached hydrogens (tertiary/aromatic N) is 3. The maximum absolute atomic E-state index is 12.5. The lowest BCUT2D eigenvalue weighted by atomic mass is 10.1. The number of hydrogen-bond donors (Lipinski definition) is 1. The summed E-state index contributed by atoms with van der Waals surface area (Å²) < 4.78 is 0. The molecule has 0 aliphatic carbocycles. The van der Waals surface area contributed by atoms with Crippen LogP contribution in [0.5, 0.6) is 0 Å². The van der Waals surface area contributed by atoms with Crippen LogP contribution in [0.15, 0.2) is 29.1 Å². The highest BCUT2D eigenvalue weighted by Crippen LogP contribution is 2.23. The van der Waals surface area contributed by atoms with Crippen LogP contribution in [0.1, 0.15) is 32.4 Å². The van der Waals surface area contributed by atoms with Gasteiger partial charge in [-0.25, -0.2) is 9.97 Å². The van der Waals surface area contributed by atoms with Gasteiger partial charge in [0.05, 0.1) is 16.4 Å². The molecule has 0 atom stereocenters. The Hall–Kier alpha value is -2.31. The number of nitrogens with one attached hydrogen (secondary N) is 1. The highest BCUT2D eigenvalue weighted by molar-refractivity contribution is 7.11. The van der Waals surface area contributed by atoms with Gasteiger partial charge in [-0.3, -0.25) is 9.69 Å². The van der Waals surface area contributed by atoms with Gasteiger partial charge in [0.15, 0.2) is 0 Å². The molecule has 0 saturated heterocycles. The summed E-state index contributed by atoms with van der Waals surface area (Å²) in [6, 6.07) is 8.08. The molecule has 134 valence electrons. The topological polar surface area (TPSA) is 61.9 Å². The van der Waals surface area contributed by atoms with Gasteiger partial charge in [-0.05, 0) is 27.2 Å². The number of hydrogen-bond acceptors (Lipinski definition) is 5. The summed E-state index contributed by atoms with van der Waals surface area (Å²) in [5.41, 5.74) is 4.97. The van der Waals surface area contributed by atoms with E-state index in [4.69, 9.17) is 4.98 Å². The number of aromatic amines is 1. The average Bonchev–Trinajstić information content (AvgIpc) is 2.92. The summed E-state index contributed by atoms with van der Waals surface area (Å²) in [5, 5.41) is 1.10. The second-order valence-corrected chi connectivity index (χ2v) is 8.20. The average molecular weight is 366 g/mol. The molecule has 0 saturated carbocycles. The van der Waals surface area contributed by atoms with Gasteiger partial charge in [-0.15, -0.1) is 11.3 Å². The summed E-state index contributed by atoms with van der Waals surface area (Å²) in [4.78, 5) is 28.4. The molecule has 1 N–H and O–H groups in total. The van der Waals surface area contributed by atoms with Crippen LogP contribution in [0.2, 0.25) is 0 Å². The van der Waals surface area contributed by atoms with Crippen molar-refractivity contribution in [2.24, 2.45) is 0 Å². The molecule has 1 aromatic carbocycles.